The average molecular weight is 389 g/mol. The Morgan fingerprint density at radius 3 is 2.81 bits per heavy atom. The molecule has 2 aliphatic carbocycles. The van der Waals surface area contributed by atoms with Gasteiger partial charge in [-0.3, -0.25) is 4.79 Å². The van der Waals surface area contributed by atoms with Crippen molar-refractivity contribution >= 4 is 17.5 Å². The number of carbonyl (C=O) groups is 1. The van der Waals surface area contributed by atoms with Crippen molar-refractivity contribution < 1.29 is 14.3 Å². The van der Waals surface area contributed by atoms with E-state index < -0.39 is 18.1 Å². The van der Waals surface area contributed by atoms with Crippen molar-refractivity contribution in [1.29, 1.82) is 0 Å². The van der Waals surface area contributed by atoms with Gasteiger partial charge < -0.3 is 15.7 Å². The molecule has 1 saturated carbocycles. The Balaban J connectivity index is 1.67. The van der Waals surface area contributed by atoms with Crippen LogP contribution in [0.2, 0.25) is 0 Å². The van der Waals surface area contributed by atoms with Gasteiger partial charge in [-0.15, -0.1) is 0 Å². The molecule has 4 nitrogen and oxygen atoms in total. The normalized spacial score (nSPS) is 28.7. The summed E-state index contributed by atoms with van der Waals surface area (Å²) in [7, 11) is 0. The number of hydrogen-bond acceptors (Lipinski definition) is 3. The van der Waals surface area contributed by atoms with Gasteiger partial charge in [-0.2, -0.15) is 0 Å². The summed E-state index contributed by atoms with van der Waals surface area (Å²) in [6, 6.07) is 5.88. The Morgan fingerprint density at radius 1 is 1.33 bits per heavy atom. The Hall–Kier alpha value is -2.11. The van der Waals surface area contributed by atoms with Crippen LogP contribution >= 0.6 is 11.6 Å². The molecular formula is C21H22ClFN2O2. The number of rotatable bonds is 4. The number of halogens is 2. The highest BCUT2D eigenvalue weighted by molar-refractivity contribution is 6.31. The number of phenols is 1. The van der Waals surface area contributed by atoms with Gasteiger partial charge in [0.15, 0.2) is 0 Å². The maximum atomic E-state index is 14.5. The van der Waals surface area contributed by atoms with Crippen LogP contribution in [0, 0.1) is 11.8 Å². The van der Waals surface area contributed by atoms with E-state index in [0.717, 1.165) is 24.0 Å². The Morgan fingerprint density at radius 2 is 2.11 bits per heavy atom. The summed E-state index contributed by atoms with van der Waals surface area (Å²) >= 11 is 6.08. The van der Waals surface area contributed by atoms with E-state index in [1.807, 2.05) is 12.1 Å². The van der Waals surface area contributed by atoms with Crippen LogP contribution in [0.1, 0.15) is 24.4 Å². The van der Waals surface area contributed by atoms with E-state index >= 15 is 0 Å². The van der Waals surface area contributed by atoms with Crippen LogP contribution in [0.25, 0.3) is 0 Å². The highest BCUT2D eigenvalue weighted by Crippen LogP contribution is 2.40. The fourth-order valence-electron chi connectivity index (χ4n) is 3.84. The molecule has 1 fully saturated rings. The van der Waals surface area contributed by atoms with Crippen LogP contribution in [0.4, 0.5) is 4.39 Å². The lowest BCUT2D eigenvalue weighted by Gasteiger charge is -2.28. The van der Waals surface area contributed by atoms with Gasteiger partial charge in [-0.25, -0.2) is 4.39 Å². The summed E-state index contributed by atoms with van der Waals surface area (Å²) in [5.41, 5.74) is 7.74. The first-order chi connectivity index (χ1) is 12.9. The zero-order chi connectivity index (χ0) is 19.1. The lowest BCUT2D eigenvalue weighted by Crippen LogP contribution is -2.45. The third-order valence-electron chi connectivity index (χ3n) is 5.52. The molecule has 4 rings (SSSR count). The largest absolute Gasteiger partial charge is 0.508 e. The maximum absolute atomic E-state index is 14.5. The monoisotopic (exact) mass is 388 g/mol. The molecule has 6 heteroatoms. The van der Waals surface area contributed by atoms with E-state index in [2.05, 4.69) is 0 Å². The molecule has 0 saturated heterocycles. The zero-order valence-electron chi connectivity index (χ0n) is 14.8. The van der Waals surface area contributed by atoms with Gasteiger partial charge in [0.25, 0.3) is 0 Å². The molecule has 0 aromatic heterocycles. The van der Waals surface area contributed by atoms with Crippen molar-refractivity contribution in [3.05, 3.63) is 64.7 Å². The van der Waals surface area contributed by atoms with E-state index in [9.17, 15) is 14.3 Å². The highest BCUT2D eigenvalue weighted by Gasteiger charge is 2.41. The quantitative estimate of drug-likeness (QED) is 0.775. The lowest BCUT2D eigenvalue weighted by molar-refractivity contribution is -0.133. The number of nitrogens with zero attached hydrogens (tertiary/aromatic N) is 1. The van der Waals surface area contributed by atoms with E-state index in [1.54, 1.807) is 35.3 Å². The molecule has 3 unspecified atom stereocenters. The summed E-state index contributed by atoms with van der Waals surface area (Å²) in [6.45, 7) is 0.305. The molecule has 0 radical (unpaired) electrons. The molecule has 3 aliphatic rings. The van der Waals surface area contributed by atoms with E-state index in [4.69, 9.17) is 17.3 Å². The number of benzene rings is 1. The molecule has 1 aromatic carbocycles. The first-order valence-corrected chi connectivity index (χ1v) is 9.57. The Labute approximate surface area is 162 Å². The van der Waals surface area contributed by atoms with Crippen molar-refractivity contribution in [3.8, 4) is 5.75 Å². The minimum absolute atomic E-state index is 0.125. The molecular weight excluding hydrogens is 367 g/mol. The van der Waals surface area contributed by atoms with Crippen LogP contribution in [0.5, 0.6) is 5.75 Å². The van der Waals surface area contributed by atoms with Crippen LogP contribution in [0.3, 0.4) is 0 Å². The first kappa shape index (κ1) is 18.3. The number of allylic oxidation sites excluding steroid dienone is 4. The van der Waals surface area contributed by atoms with Crippen molar-refractivity contribution in [2.24, 2.45) is 17.6 Å². The van der Waals surface area contributed by atoms with E-state index in [0.29, 0.717) is 11.6 Å². The molecule has 1 amide bonds. The second-order valence-corrected chi connectivity index (χ2v) is 7.93. The molecule has 1 aliphatic heterocycles. The number of phenolic OH excluding ortho intramolecular Hbond substituents is 1. The molecule has 27 heavy (non-hydrogen) atoms. The summed E-state index contributed by atoms with van der Waals surface area (Å²) in [4.78, 5) is 14.7. The van der Waals surface area contributed by atoms with E-state index in [1.165, 1.54) is 6.08 Å². The Bertz CT molecular complexity index is 846. The molecule has 4 atom stereocenters. The third-order valence-corrected chi connectivity index (χ3v) is 5.77. The van der Waals surface area contributed by atoms with E-state index in [-0.39, 0.29) is 23.6 Å². The smallest absolute Gasteiger partial charge is 0.240 e. The van der Waals surface area contributed by atoms with Gasteiger partial charge in [0, 0.05) is 17.5 Å². The predicted octanol–water partition coefficient (Wildman–Crippen LogP) is 3.59. The SMILES string of the molecule is N[C@H](C(=O)N1CC(C2C=C(Cl)C=CC2F)=CC1c1cccc(O)c1)C1CC1. The first-order valence-electron chi connectivity index (χ1n) is 9.19. The summed E-state index contributed by atoms with van der Waals surface area (Å²) in [6.07, 6.45) is 7.34. The number of aromatic hydroxyl groups is 1. The summed E-state index contributed by atoms with van der Waals surface area (Å²) in [5.74, 6) is -0.279. The molecule has 1 aromatic rings. The third kappa shape index (κ3) is 3.66. The fraction of sp³-hybridized carbons (Fsp3) is 0.381. The second kappa shape index (κ2) is 7.13. The topological polar surface area (TPSA) is 66.6 Å². The maximum Gasteiger partial charge on any atom is 0.240 e. The number of alkyl halides is 1. The summed E-state index contributed by atoms with van der Waals surface area (Å²) < 4.78 is 14.5. The minimum Gasteiger partial charge on any atom is -0.508 e. The van der Waals surface area contributed by atoms with Crippen LogP contribution < -0.4 is 5.73 Å². The van der Waals surface area contributed by atoms with Gasteiger partial charge in [0.05, 0.1) is 12.1 Å². The second-order valence-electron chi connectivity index (χ2n) is 7.49. The zero-order valence-corrected chi connectivity index (χ0v) is 15.5. The van der Waals surface area contributed by atoms with Crippen LogP contribution in [-0.2, 0) is 4.79 Å². The lowest BCUT2D eigenvalue weighted by atomic mass is 9.90. The van der Waals surface area contributed by atoms with Crippen LogP contribution in [-0.4, -0.2) is 34.7 Å². The average Bonchev–Trinajstić information content (AvgIpc) is 3.41. The van der Waals surface area contributed by atoms with Gasteiger partial charge in [-0.1, -0.05) is 35.9 Å². The number of carbonyl (C=O) groups excluding carboxylic acids is 1. The van der Waals surface area contributed by atoms with Gasteiger partial charge in [0.1, 0.15) is 11.9 Å². The molecule has 0 bridgehead atoms. The van der Waals surface area contributed by atoms with Crippen molar-refractivity contribution in [1.82, 2.24) is 4.90 Å². The van der Waals surface area contributed by atoms with Crippen molar-refractivity contribution in [2.45, 2.75) is 31.1 Å². The Kier molecular flexibility index (Phi) is 4.82. The fourth-order valence-corrected chi connectivity index (χ4v) is 4.05. The van der Waals surface area contributed by atoms with Crippen molar-refractivity contribution in [2.75, 3.05) is 6.54 Å². The van der Waals surface area contributed by atoms with Crippen LogP contribution in [0.15, 0.2) is 59.2 Å². The minimum atomic E-state index is -1.18. The molecule has 0 spiro atoms. The number of hydrogen-bond donors (Lipinski definition) is 2. The predicted molar refractivity (Wildman–Crippen MR) is 103 cm³/mol. The highest BCUT2D eigenvalue weighted by atomic mass is 35.5. The summed E-state index contributed by atoms with van der Waals surface area (Å²) in [5, 5.41) is 10.3. The molecule has 1 heterocycles. The van der Waals surface area contributed by atoms with Gasteiger partial charge in [-0.05, 0) is 54.2 Å². The molecule has 3 N–H and O–H groups in total. The van der Waals surface area contributed by atoms with Crippen molar-refractivity contribution in [3.63, 3.8) is 0 Å². The number of nitrogens with two attached hydrogens (primary N) is 1. The van der Waals surface area contributed by atoms with Gasteiger partial charge >= 0.3 is 0 Å². The molecule has 142 valence electrons. The standard InChI is InChI=1S/C21H22ClFN2O2/c22-15-6-7-18(23)17(10-15)14-9-19(13-2-1-3-16(26)8-13)25(11-14)21(27)20(24)12-4-5-12/h1-3,6-10,12,17-20,26H,4-5,11,24H2/t17?,18?,19?,20-/m0/s1. The van der Waals surface area contributed by atoms with Gasteiger partial charge in [0.2, 0.25) is 5.91 Å². The number of amides is 1.